The molecule has 190 valence electrons. The molecule has 9 heteroatoms. The number of aromatic hydroxyl groups is 1. The van der Waals surface area contributed by atoms with Gasteiger partial charge in [0, 0.05) is 25.2 Å². The summed E-state index contributed by atoms with van der Waals surface area (Å²) in [5.74, 6) is 1.28. The van der Waals surface area contributed by atoms with E-state index in [1.807, 2.05) is 36.1 Å². The second-order valence-corrected chi connectivity index (χ2v) is 10.1. The van der Waals surface area contributed by atoms with Crippen molar-refractivity contribution in [2.24, 2.45) is 5.92 Å². The van der Waals surface area contributed by atoms with Gasteiger partial charge in [-0.05, 0) is 61.9 Å². The molecule has 1 aliphatic rings. The van der Waals surface area contributed by atoms with E-state index in [2.05, 4.69) is 15.6 Å². The fourth-order valence-corrected chi connectivity index (χ4v) is 5.03. The molecule has 0 atom stereocenters. The zero-order chi connectivity index (χ0) is 25.7. The van der Waals surface area contributed by atoms with Gasteiger partial charge in [-0.2, -0.15) is 0 Å². The molecule has 0 spiro atoms. The normalized spacial score (nSPS) is 13.9. The number of phenolic OH excluding ortho intramolecular Hbond substituents is 1. The predicted octanol–water partition coefficient (Wildman–Crippen LogP) is 4.62. The van der Waals surface area contributed by atoms with Crippen LogP contribution in [0.1, 0.15) is 39.2 Å². The van der Waals surface area contributed by atoms with Gasteiger partial charge in [0.05, 0.1) is 25.4 Å². The van der Waals surface area contributed by atoms with Gasteiger partial charge in [0.1, 0.15) is 16.4 Å². The summed E-state index contributed by atoms with van der Waals surface area (Å²) < 4.78 is 5.17. The molecule has 2 amide bonds. The molecule has 2 aromatic carbocycles. The summed E-state index contributed by atoms with van der Waals surface area (Å²) in [4.78, 5) is 32.2. The number of methoxy groups -OCH3 is 1. The molecule has 1 saturated heterocycles. The standard InChI is InChI=1S/C27H32N4O4S/c1-17-4-9-22(32)18(2)25(17)30-26(34)23-16-29-27(36-23)28-15-20-10-12-31(13-11-20)24(33)14-19-5-7-21(35-3)8-6-19/h4-9,16,20,32H,10-15H2,1-3H3,(H,28,29)(H,30,34). The van der Waals surface area contributed by atoms with Crippen molar-refractivity contribution in [1.29, 1.82) is 0 Å². The number of thiazole rings is 1. The number of hydrogen-bond acceptors (Lipinski definition) is 7. The van der Waals surface area contributed by atoms with Crippen LogP contribution in [0.2, 0.25) is 0 Å². The van der Waals surface area contributed by atoms with E-state index < -0.39 is 0 Å². The van der Waals surface area contributed by atoms with Crippen molar-refractivity contribution in [3.8, 4) is 11.5 Å². The smallest absolute Gasteiger partial charge is 0.267 e. The van der Waals surface area contributed by atoms with Crippen LogP contribution < -0.4 is 15.4 Å². The summed E-state index contributed by atoms with van der Waals surface area (Å²) in [6, 6.07) is 11.0. The van der Waals surface area contributed by atoms with E-state index in [0.717, 1.165) is 49.4 Å². The topological polar surface area (TPSA) is 104 Å². The largest absolute Gasteiger partial charge is 0.508 e. The molecule has 1 aromatic heterocycles. The van der Waals surface area contributed by atoms with Gasteiger partial charge in [-0.15, -0.1) is 0 Å². The van der Waals surface area contributed by atoms with Crippen LogP contribution in [0, 0.1) is 19.8 Å². The summed E-state index contributed by atoms with van der Waals surface area (Å²) in [5.41, 5.74) is 3.13. The number of nitrogens with zero attached hydrogens (tertiary/aromatic N) is 2. The van der Waals surface area contributed by atoms with E-state index in [1.165, 1.54) is 11.3 Å². The molecule has 0 aliphatic carbocycles. The first-order chi connectivity index (χ1) is 17.3. The minimum Gasteiger partial charge on any atom is -0.508 e. The fourth-order valence-electron chi connectivity index (χ4n) is 4.31. The number of ether oxygens (including phenoxy) is 1. The van der Waals surface area contributed by atoms with Gasteiger partial charge in [0.15, 0.2) is 5.13 Å². The maximum atomic E-state index is 12.7. The van der Waals surface area contributed by atoms with E-state index in [1.54, 1.807) is 32.4 Å². The number of rotatable bonds is 8. The van der Waals surface area contributed by atoms with E-state index in [4.69, 9.17) is 4.74 Å². The number of benzene rings is 2. The number of carbonyl (C=O) groups is 2. The summed E-state index contributed by atoms with van der Waals surface area (Å²) in [7, 11) is 1.63. The highest BCUT2D eigenvalue weighted by Gasteiger charge is 2.23. The van der Waals surface area contributed by atoms with E-state index in [0.29, 0.717) is 33.6 Å². The Bertz CT molecular complexity index is 1220. The summed E-state index contributed by atoms with van der Waals surface area (Å²) in [6.07, 6.45) is 3.82. The highest BCUT2D eigenvalue weighted by molar-refractivity contribution is 7.17. The van der Waals surface area contributed by atoms with Crippen LogP contribution in [0.5, 0.6) is 11.5 Å². The van der Waals surface area contributed by atoms with Crippen LogP contribution in [0.4, 0.5) is 10.8 Å². The lowest BCUT2D eigenvalue weighted by atomic mass is 9.96. The Kier molecular flexibility index (Phi) is 8.10. The molecule has 0 bridgehead atoms. The lowest BCUT2D eigenvalue weighted by molar-refractivity contribution is -0.131. The molecule has 1 aliphatic heterocycles. The van der Waals surface area contributed by atoms with Crippen molar-refractivity contribution in [3.05, 3.63) is 64.2 Å². The molecule has 0 unspecified atom stereocenters. The number of amides is 2. The van der Waals surface area contributed by atoms with Crippen LogP contribution >= 0.6 is 11.3 Å². The number of likely N-dealkylation sites (tertiary alicyclic amines) is 1. The van der Waals surface area contributed by atoms with Crippen LogP contribution in [0.25, 0.3) is 0 Å². The molecule has 0 radical (unpaired) electrons. The van der Waals surface area contributed by atoms with Crippen molar-refractivity contribution in [1.82, 2.24) is 9.88 Å². The van der Waals surface area contributed by atoms with E-state index in [-0.39, 0.29) is 17.6 Å². The Hall–Kier alpha value is -3.59. The Labute approximate surface area is 215 Å². The highest BCUT2D eigenvalue weighted by atomic mass is 32.1. The van der Waals surface area contributed by atoms with Gasteiger partial charge in [-0.1, -0.05) is 29.5 Å². The fraction of sp³-hybridized carbons (Fsp3) is 0.370. The van der Waals surface area contributed by atoms with Crippen molar-refractivity contribution in [3.63, 3.8) is 0 Å². The molecule has 2 heterocycles. The number of phenols is 1. The molecule has 3 aromatic rings. The summed E-state index contributed by atoms with van der Waals surface area (Å²) in [5, 5.41) is 16.9. The van der Waals surface area contributed by atoms with Crippen LogP contribution in [0.15, 0.2) is 42.6 Å². The Balaban J connectivity index is 1.23. The third-order valence-corrected chi connectivity index (χ3v) is 7.59. The molecule has 36 heavy (non-hydrogen) atoms. The monoisotopic (exact) mass is 508 g/mol. The molecule has 8 nitrogen and oxygen atoms in total. The van der Waals surface area contributed by atoms with Gasteiger partial charge in [0.25, 0.3) is 5.91 Å². The number of hydrogen-bond donors (Lipinski definition) is 3. The van der Waals surface area contributed by atoms with Gasteiger partial charge < -0.3 is 25.4 Å². The zero-order valence-electron chi connectivity index (χ0n) is 20.8. The van der Waals surface area contributed by atoms with Crippen molar-refractivity contribution in [2.45, 2.75) is 33.1 Å². The molecular weight excluding hydrogens is 476 g/mol. The van der Waals surface area contributed by atoms with E-state index >= 15 is 0 Å². The first-order valence-electron chi connectivity index (χ1n) is 12.0. The van der Waals surface area contributed by atoms with Crippen molar-refractivity contribution in [2.75, 3.05) is 37.4 Å². The third-order valence-electron chi connectivity index (χ3n) is 6.64. The Morgan fingerprint density at radius 3 is 2.56 bits per heavy atom. The summed E-state index contributed by atoms with van der Waals surface area (Å²) >= 11 is 1.30. The first-order valence-corrected chi connectivity index (χ1v) is 12.9. The SMILES string of the molecule is COc1ccc(CC(=O)N2CCC(CNc3ncc(C(=O)Nc4c(C)ccc(O)c4C)s3)CC2)cc1. The maximum Gasteiger partial charge on any atom is 0.267 e. The van der Waals surface area contributed by atoms with Gasteiger partial charge >= 0.3 is 0 Å². The Morgan fingerprint density at radius 1 is 1.14 bits per heavy atom. The van der Waals surface area contributed by atoms with E-state index in [9.17, 15) is 14.7 Å². The number of nitrogens with one attached hydrogen (secondary N) is 2. The zero-order valence-corrected chi connectivity index (χ0v) is 21.7. The molecular formula is C27H32N4O4S. The number of aryl methyl sites for hydroxylation is 1. The molecule has 0 saturated carbocycles. The predicted molar refractivity (Wildman–Crippen MR) is 142 cm³/mol. The van der Waals surface area contributed by atoms with Gasteiger partial charge in [0.2, 0.25) is 5.91 Å². The lowest BCUT2D eigenvalue weighted by Crippen LogP contribution is -2.40. The third kappa shape index (κ3) is 6.15. The number of piperidine rings is 1. The number of carbonyl (C=O) groups excluding carboxylic acids is 2. The first kappa shape index (κ1) is 25.5. The number of anilines is 2. The average molecular weight is 509 g/mol. The minimum absolute atomic E-state index is 0.149. The van der Waals surface area contributed by atoms with Crippen molar-refractivity contribution < 1.29 is 19.4 Å². The average Bonchev–Trinajstić information content (AvgIpc) is 3.37. The lowest BCUT2D eigenvalue weighted by Gasteiger charge is -2.32. The maximum absolute atomic E-state index is 12.7. The second-order valence-electron chi connectivity index (χ2n) is 9.12. The quantitative estimate of drug-likeness (QED) is 0.410. The van der Waals surface area contributed by atoms with Crippen LogP contribution in [-0.2, 0) is 11.2 Å². The minimum atomic E-state index is -0.249. The van der Waals surface area contributed by atoms with Gasteiger partial charge in [-0.25, -0.2) is 4.98 Å². The molecule has 4 rings (SSSR count). The van der Waals surface area contributed by atoms with Crippen LogP contribution in [0.3, 0.4) is 0 Å². The number of aromatic nitrogens is 1. The van der Waals surface area contributed by atoms with Crippen LogP contribution in [-0.4, -0.2) is 53.5 Å². The molecule has 1 fully saturated rings. The molecule has 3 N–H and O–H groups in total. The van der Waals surface area contributed by atoms with Crippen molar-refractivity contribution >= 4 is 34.0 Å². The second kappa shape index (κ2) is 11.4. The Morgan fingerprint density at radius 2 is 1.86 bits per heavy atom. The van der Waals surface area contributed by atoms with Gasteiger partial charge in [-0.3, -0.25) is 9.59 Å². The summed E-state index contributed by atoms with van der Waals surface area (Å²) in [6.45, 7) is 5.90. The highest BCUT2D eigenvalue weighted by Crippen LogP contribution is 2.29.